The number of nitrogens with two attached hydrogens (primary N) is 2. The van der Waals surface area contributed by atoms with E-state index in [9.17, 15) is 9.59 Å². The Morgan fingerprint density at radius 3 is 2.50 bits per heavy atom. The third-order valence-corrected chi connectivity index (χ3v) is 5.17. The quantitative estimate of drug-likeness (QED) is 0.492. The molecule has 3 rings (SSSR count). The lowest BCUT2D eigenvalue weighted by Gasteiger charge is -2.30. The van der Waals surface area contributed by atoms with Crippen LogP contribution in [-0.4, -0.2) is 18.0 Å². The van der Waals surface area contributed by atoms with Gasteiger partial charge in [0.05, 0.1) is 17.1 Å². The molecule has 1 atom stereocenters. The van der Waals surface area contributed by atoms with Gasteiger partial charge >= 0.3 is 6.03 Å². The molecule has 156 valence electrons. The summed E-state index contributed by atoms with van der Waals surface area (Å²) in [6.45, 7) is 3.97. The number of nitrogen functional groups attached to an aromatic ring is 1. The van der Waals surface area contributed by atoms with Crippen LogP contribution in [0.25, 0.3) is 10.8 Å². The van der Waals surface area contributed by atoms with Gasteiger partial charge < -0.3 is 16.8 Å². The van der Waals surface area contributed by atoms with Crippen LogP contribution in [0.2, 0.25) is 0 Å². The predicted molar refractivity (Wildman–Crippen MR) is 124 cm³/mol. The van der Waals surface area contributed by atoms with Crippen LogP contribution in [0.15, 0.2) is 60.7 Å². The Morgan fingerprint density at radius 2 is 1.80 bits per heavy atom. The van der Waals surface area contributed by atoms with Gasteiger partial charge in [0.1, 0.15) is 6.04 Å². The van der Waals surface area contributed by atoms with E-state index in [1.54, 1.807) is 12.1 Å². The minimum Gasteiger partial charge on any atom is -0.397 e. The van der Waals surface area contributed by atoms with Crippen molar-refractivity contribution in [3.8, 4) is 0 Å². The van der Waals surface area contributed by atoms with Crippen molar-refractivity contribution in [2.45, 2.75) is 39.2 Å². The highest BCUT2D eigenvalue weighted by molar-refractivity contribution is 6.09. The van der Waals surface area contributed by atoms with Gasteiger partial charge in [-0.25, -0.2) is 4.79 Å². The number of hydrogen-bond donors (Lipinski definition) is 3. The fourth-order valence-electron chi connectivity index (χ4n) is 3.65. The second-order valence-corrected chi connectivity index (χ2v) is 7.44. The summed E-state index contributed by atoms with van der Waals surface area (Å²) < 4.78 is 0. The molecule has 0 aliphatic rings. The van der Waals surface area contributed by atoms with Gasteiger partial charge in [-0.3, -0.25) is 9.69 Å². The minimum atomic E-state index is -0.756. The average Bonchev–Trinajstić information content (AvgIpc) is 2.72. The maximum atomic E-state index is 13.3. The van der Waals surface area contributed by atoms with Crippen LogP contribution in [0.1, 0.15) is 31.7 Å². The molecule has 0 aliphatic heterocycles. The SMILES string of the molecule is CCCC[C@@H](C(=O)Nc1ccc(C)cc1N)N(C(N)=O)c1cccc2ccccc12. The van der Waals surface area contributed by atoms with Gasteiger partial charge in [0, 0.05) is 5.39 Å². The van der Waals surface area contributed by atoms with Gasteiger partial charge in [-0.05, 0) is 42.5 Å². The van der Waals surface area contributed by atoms with Crippen LogP contribution in [0.3, 0.4) is 0 Å². The summed E-state index contributed by atoms with van der Waals surface area (Å²) in [7, 11) is 0. The van der Waals surface area contributed by atoms with Crippen molar-refractivity contribution in [3.05, 3.63) is 66.2 Å². The number of aryl methyl sites for hydroxylation is 1. The number of carbonyl (C=O) groups is 2. The highest BCUT2D eigenvalue weighted by atomic mass is 16.2. The Balaban J connectivity index is 2.02. The smallest absolute Gasteiger partial charge is 0.320 e. The molecule has 6 heteroatoms. The number of unbranched alkanes of at least 4 members (excludes halogenated alkanes) is 1. The fraction of sp³-hybridized carbons (Fsp3) is 0.250. The fourth-order valence-corrected chi connectivity index (χ4v) is 3.65. The zero-order chi connectivity index (χ0) is 21.7. The van der Waals surface area contributed by atoms with E-state index in [1.165, 1.54) is 4.90 Å². The molecule has 3 aromatic carbocycles. The number of hydrogen-bond acceptors (Lipinski definition) is 3. The number of fused-ring (bicyclic) bond motifs is 1. The maximum absolute atomic E-state index is 13.3. The molecule has 0 bridgehead atoms. The van der Waals surface area contributed by atoms with E-state index in [0.717, 1.165) is 29.2 Å². The number of urea groups is 1. The van der Waals surface area contributed by atoms with Crippen LogP contribution >= 0.6 is 0 Å². The van der Waals surface area contributed by atoms with Gasteiger partial charge in [0.25, 0.3) is 0 Å². The van der Waals surface area contributed by atoms with E-state index in [2.05, 4.69) is 5.32 Å². The summed E-state index contributed by atoms with van der Waals surface area (Å²) in [5.41, 5.74) is 14.5. The molecule has 0 saturated heterocycles. The lowest BCUT2D eigenvalue weighted by molar-refractivity contribution is -0.117. The van der Waals surface area contributed by atoms with Crippen molar-refractivity contribution in [2.75, 3.05) is 16.0 Å². The molecule has 5 N–H and O–H groups in total. The van der Waals surface area contributed by atoms with Crippen LogP contribution in [0.5, 0.6) is 0 Å². The first-order valence-electron chi connectivity index (χ1n) is 10.2. The lowest BCUT2D eigenvalue weighted by atomic mass is 10.0. The van der Waals surface area contributed by atoms with E-state index in [4.69, 9.17) is 11.5 Å². The first-order valence-corrected chi connectivity index (χ1v) is 10.2. The van der Waals surface area contributed by atoms with Crippen molar-refractivity contribution in [1.82, 2.24) is 0 Å². The van der Waals surface area contributed by atoms with Gasteiger partial charge in [-0.15, -0.1) is 0 Å². The summed E-state index contributed by atoms with van der Waals surface area (Å²) in [6.07, 6.45) is 2.15. The molecule has 0 heterocycles. The third kappa shape index (κ3) is 4.54. The Bertz CT molecular complexity index is 1060. The van der Waals surface area contributed by atoms with Crippen LogP contribution in [0.4, 0.5) is 21.9 Å². The summed E-state index contributed by atoms with van der Waals surface area (Å²) in [5.74, 6) is -0.314. The summed E-state index contributed by atoms with van der Waals surface area (Å²) in [4.78, 5) is 27.3. The maximum Gasteiger partial charge on any atom is 0.320 e. The van der Waals surface area contributed by atoms with Crippen molar-refractivity contribution in [1.29, 1.82) is 0 Å². The third-order valence-electron chi connectivity index (χ3n) is 5.17. The number of nitrogens with one attached hydrogen (secondary N) is 1. The summed E-state index contributed by atoms with van der Waals surface area (Å²) in [6, 6.07) is 17.4. The number of nitrogens with zero attached hydrogens (tertiary/aromatic N) is 1. The standard InChI is InChI=1S/C24H28N4O2/c1-3-4-11-22(23(29)27-20-14-13-16(2)15-19(20)25)28(24(26)30)21-12-7-9-17-8-5-6-10-18(17)21/h5-10,12-15,22H,3-4,11,25H2,1-2H3,(H2,26,30)(H,27,29)/t22-/m0/s1. The Labute approximate surface area is 176 Å². The predicted octanol–water partition coefficient (Wildman–Crippen LogP) is 4.81. The largest absolute Gasteiger partial charge is 0.397 e. The number of benzene rings is 3. The van der Waals surface area contributed by atoms with E-state index in [-0.39, 0.29) is 5.91 Å². The molecule has 0 unspecified atom stereocenters. The number of amides is 3. The Hall–Kier alpha value is -3.54. The topological polar surface area (TPSA) is 101 Å². The van der Waals surface area contributed by atoms with Gasteiger partial charge in [0.2, 0.25) is 5.91 Å². The molecule has 0 spiro atoms. The highest BCUT2D eigenvalue weighted by Crippen LogP contribution is 2.30. The minimum absolute atomic E-state index is 0.314. The lowest BCUT2D eigenvalue weighted by Crippen LogP contribution is -2.50. The van der Waals surface area contributed by atoms with Crippen molar-refractivity contribution in [2.24, 2.45) is 5.73 Å². The van der Waals surface area contributed by atoms with Gasteiger partial charge in [0.15, 0.2) is 0 Å². The molecule has 3 amide bonds. The zero-order valence-corrected chi connectivity index (χ0v) is 17.4. The first kappa shape index (κ1) is 21.2. The Morgan fingerprint density at radius 1 is 1.07 bits per heavy atom. The molecule has 0 aromatic heterocycles. The van der Waals surface area contributed by atoms with Crippen molar-refractivity contribution >= 4 is 39.8 Å². The second kappa shape index (κ2) is 9.31. The highest BCUT2D eigenvalue weighted by Gasteiger charge is 2.31. The molecule has 0 aliphatic carbocycles. The molecule has 3 aromatic rings. The number of primary amides is 1. The molecule has 6 nitrogen and oxygen atoms in total. The van der Waals surface area contributed by atoms with E-state index >= 15 is 0 Å². The zero-order valence-electron chi connectivity index (χ0n) is 17.4. The summed E-state index contributed by atoms with van der Waals surface area (Å²) in [5, 5.41) is 4.72. The molecule has 0 saturated carbocycles. The molecular formula is C24H28N4O2. The van der Waals surface area contributed by atoms with Gasteiger partial charge in [-0.1, -0.05) is 62.2 Å². The number of anilines is 3. The second-order valence-electron chi connectivity index (χ2n) is 7.44. The van der Waals surface area contributed by atoms with Crippen molar-refractivity contribution < 1.29 is 9.59 Å². The van der Waals surface area contributed by atoms with Gasteiger partial charge in [-0.2, -0.15) is 0 Å². The van der Waals surface area contributed by atoms with Crippen LogP contribution in [-0.2, 0) is 4.79 Å². The molecular weight excluding hydrogens is 376 g/mol. The van der Waals surface area contributed by atoms with E-state index in [1.807, 2.05) is 62.4 Å². The Kier molecular flexibility index (Phi) is 6.57. The molecule has 0 radical (unpaired) electrons. The van der Waals surface area contributed by atoms with Crippen molar-refractivity contribution in [3.63, 3.8) is 0 Å². The molecule has 30 heavy (non-hydrogen) atoms. The average molecular weight is 405 g/mol. The first-order chi connectivity index (χ1) is 14.4. The van der Waals surface area contributed by atoms with E-state index < -0.39 is 12.1 Å². The molecule has 0 fully saturated rings. The van der Waals surface area contributed by atoms with E-state index in [0.29, 0.717) is 23.5 Å². The van der Waals surface area contributed by atoms with Crippen LogP contribution < -0.4 is 21.7 Å². The normalized spacial score (nSPS) is 11.8. The number of carbonyl (C=O) groups excluding carboxylic acids is 2. The number of rotatable bonds is 7. The monoisotopic (exact) mass is 404 g/mol. The van der Waals surface area contributed by atoms with Crippen LogP contribution in [0, 0.1) is 6.92 Å². The summed E-state index contributed by atoms with van der Waals surface area (Å²) >= 11 is 0.